The first-order valence-corrected chi connectivity index (χ1v) is 8.68. The monoisotopic (exact) mass is 337 g/mol. The first-order chi connectivity index (χ1) is 11.6. The molecule has 3 rings (SSSR count). The maximum atomic E-state index is 12.2. The van der Waals surface area contributed by atoms with Crippen LogP contribution in [0.3, 0.4) is 0 Å². The quantitative estimate of drug-likeness (QED) is 0.656. The Labute approximate surface area is 145 Å². The van der Waals surface area contributed by atoms with E-state index in [-0.39, 0.29) is 5.97 Å². The van der Waals surface area contributed by atoms with Crippen molar-refractivity contribution >= 4 is 23.0 Å². The summed E-state index contributed by atoms with van der Waals surface area (Å²) in [4.78, 5) is 13.3. The van der Waals surface area contributed by atoms with Gasteiger partial charge in [-0.15, -0.1) is 11.3 Å². The van der Waals surface area contributed by atoms with Crippen molar-refractivity contribution in [3.63, 3.8) is 0 Å². The maximum absolute atomic E-state index is 12.2. The number of anilines is 1. The van der Waals surface area contributed by atoms with Crippen LogP contribution < -0.4 is 10.1 Å². The molecule has 1 N–H and O–H groups in total. The van der Waals surface area contributed by atoms with E-state index in [1.165, 1.54) is 5.56 Å². The molecule has 0 saturated carbocycles. The van der Waals surface area contributed by atoms with Gasteiger partial charge in [-0.3, -0.25) is 0 Å². The summed E-state index contributed by atoms with van der Waals surface area (Å²) < 4.78 is 5.48. The van der Waals surface area contributed by atoms with Crippen LogP contribution in [0.15, 0.2) is 66.0 Å². The number of carbonyl (C=O) groups excluding carboxylic acids is 1. The fraction of sp³-hybridized carbons (Fsp3) is 0.150. The molecule has 1 atom stereocenters. The van der Waals surface area contributed by atoms with Crippen LogP contribution in [-0.2, 0) is 4.79 Å². The van der Waals surface area contributed by atoms with Crippen molar-refractivity contribution in [2.45, 2.75) is 19.9 Å². The highest BCUT2D eigenvalue weighted by molar-refractivity contribution is 7.13. The molecule has 1 aromatic heterocycles. The zero-order valence-electron chi connectivity index (χ0n) is 13.7. The summed E-state index contributed by atoms with van der Waals surface area (Å²) in [6.45, 7) is 3.83. The smallest absolute Gasteiger partial charge is 0.333 e. The van der Waals surface area contributed by atoms with Gasteiger partial charge < -0.3 is 10.1 Å². The molecule has 0 spiro atoms. The zero-order valence-corrected chi connectivity index (χ0v) is 14.5. The second-order valence-electron chi connectivity index (χ2n) is 5.67. The zero-order chi connectivity index (χ0) is 16.9. The van der Waals surface area contributed by atoms with E-state index >= 15 is 0 Å². The first kappa shape index (κ1) is 16.3. The summed E-state index contributed by atoms with van der Waals surface area (Å²) in [7, 11) is 0. The molecule has 0 fully saturated rings. The Balaban J connectivity index is 1.62. The lowest BCUT2D eigenvalue weighted by Gasteiger charge is -2.13. The lowest BCUT2D eigenvalue weighted by Crippen LogP contribution is -2.30. The normalized spacial score (nSPS) is 11.8. The van der Waals surface area contributed by atoms with Crippen LogP contribution in [0, 0.1) is 6.92 Å². The standard InChI is InChI=1S/C20H19NO2S/c1-14-8-10-17(11-9-14)21-15(2)20(22)23-18-12-19(24-13-18)16-6-4-3-5-7-16/h3-13,15,21H,1-2H3/t15-/m0/s1. The van der Waals surface area contributed by atoms with Gasteiger partial charge in [-0.05, 0) is 37.6 Å². The highest BCUT2D eigenvalue weighted by atomic mass is 32.1. The molecule has 3 aromatic rings. The molecular weight excluding hydrogens is 318 g/mol. The topological polar surface area (TPSA) is 38.3 Å². The van der Waals surface area contributed by atoms with Gasteiger partial charge in [0.25, 0.3) is 0 Å². The Morgan fingerprint density at radius 2 is 1.79 bits per heavy atom. The summed E-state index contributed by atoms with van der Waals surface area (Å²) in [6.07, 6.45) is 0. The Morgan fingerprint density at radius 3 is 2.50 bits per heavy atom. The predicted octanol–water partition coefficient (Wildman–Crippen LogP) is 5.13. The Morgan fingerprint density at radius 1 is 1.08 bits per heavy atom. The summed E-state index contributed by atoms with van der Waals surface area (Å²) in [6, 6.07) is 19.5. The summed E-state index contributed by atoms with van der Waals surface area (Å²) >= 11 is 1.56. The number of rotatable bonds is 5. The first-order valence-electron chi connectivity index (χ1n) is 7.80. The number of hydrogen-bond acceptors (Lipinski definition) is 4. The van der Waals surface area contributed by atoms with Gasteiger partial charge >= 0.3 is 5.97 Å². The van der Waals surface area contributed by atoms with Crippen molar-refractivity contribution in [2.75, 3.05) is 5.32 Å². The molecule has 0 bridgehead atoms. The van der Waals surface area contributed by atoms with E-state index in [4.69, 9.17) is 4.74 Å². The molecule has 0 aliphatic carbocycles. The predicted molar refractivity (Wildman–Crippen MR) is 99.7 cm³/mol. The number of carbonyl (C=O) groups is 1. The minimum Gasteiger partial charge on any atom is -0.424 e. The number of hydrogen-bond donors (Lipinski definition) is 1. The second kappa shape index (κ2) is 7.32. The molecule has 122 valence electrons. The van der Waals surface area contributed by atoms with Crippen molar-refractivity contribution in [1.29, 1.82) is 0 Å². The molecule has 24 heavy (non-hydrogen) atoms. The van der Waals surface area contributed by atoms with Crippen LogP contribution in [0.25, 0.3) is 10.4 Å². The van der Waals surface area contributed by atoms with Crippen molar-refractivity contribution in [2.24, 2.45) is 0 Å². The Bertz CT molecular complexity index is 809. The van der Waals surface area contributed by atoms with Crippen LogP contribution in [0.5, 0.6) is 5.75 Å². The largest absolute Gasteiger partial charge is 0.424 e. The molecule has 4 heteroatoms. The lowest BCUT2D eigenvalue weighted by molar-refractivity contribution is -0.134. The summed E-state index contributed by atoms with van der Waals surface area (Å²) in [5.74, 6) is 0.286. The van der Waals surface area contributed by atoms with E-state index in [1.807, 2.05) is 73.0 Å². The lowest BCUT2D eigenvalue weighted by atomic mass is 10.2. The van der Waals surface area contributed by atoms with E-state index < -0.39 is 6.04 Å². The minimum absolute atomic E-state index is 0.298. The van der Waals surface area contributed by atoms with Crippen LogP contribution >= 0.6 is 11.3 Å². The van der Waals surface area contributed by atoms with E-state index in [1.54, 1.807) is 18.3 Å². The molecule has 0 aliphatic heterocycles. The third kappa shape index (κ3) is 4.03. The minimum atomic E-state index is -0.423. The van der Waals surface area contributed by atoms with E-state index in [9.17, 15) is 4.79 Å². The molecule has 0 saturated heterocycles. The number of aryl methyl sites for hydroxylation is 1. The van der Waals surface area contributed by atoms with E-state index in [2.05, 4.69) is 5.32 Å². The third-order valence-corrected chi connectivity index (χ3v) is 4.60. The maximum Gasteiger partial charge on any atom is 0.333 e. The average molecular weight is 337 g/mol. The van der Waals surface area contributed by atoms with Gasteiger partial charge in [-0.2, -0.15) is 0 Å². The molecular formula is C20H19NO2S. The highest BCUT2D eigenvalue weighted by Gasteiger charge is 2.16. The van der Waals surface area contributed by atoms with Gasteiger partial charge in [0.2, 0.25) is 0 Å². The number of benzene rings is 2. The molecule has 1 heterocycles. The van der Waals surface area contributed by atoms with Crippen molar-refractivity contribution in [3.05, 3.63) is 71.6 Å². The molecule has 0 unspecified atom stereocenters. The van der Waals surface area contributed by atoms with Gasteiger partial charge in [-0.1, -0.05) is 48.0 Å². The molecule has 0 radical (unpaired) electrons. The van der Waals surface area contributed by atoms with Crippen LogP contribution in [-0.4, -0.2) is 12.0 Å². The van der Waals surface area contributed by atoms with Crippen LogP contribution in [0.2, 0.25) is 0 Å². The van der Waals surface area contributed by atoms with Crippen molar-refractivity contribution < 1.29 is 9.53 Å². The third-order valence-electron chi connectivity index (χ3n) is 3.64. The van der Waals surface area contributed by atoms with Gasteiger partial charge in [-0.25, -0.2) is 4.79 Å². The fourth-order valence-corrected chi connectivity index (χ4v) is 3.11. The Hall–Kier alpha value is -2.59. The molecule has 2 aromatic carbocycles. The summed E-state index contributed by atoms with van der Waals surface area (Å²) in [5, 5.41) is 5.02. The van der Waals surface area contributed by atoms with Crippen LogP contribution in [0.4, 0.5) is 5.69 Å². The number of esters is 1. The molecule has 0 amide bonds. The van der Waals surface area contributed by atoms with E-state index in [0.29, 0.717) is 5.75 Å². The summed E-state index contributed by atoms with van der Waals surface area (Å²) in [5.41, 5.74) is 3.21. The highest BCUT2D eigenvalue weighted by Crippen LogP contribution is 2.31. The van der Waals surface area contributed by atoms with E-state index in [0.717, 1.165) is 16.1 Å². The number of thiophene rings is 1. The SMILES string of the molecule is Cc1ccc(N[C@@H](C)C(=O)Oc2csc(-c3ccccc3)c2)cc1. The second-order valence-corrected chi connectivity index (χ2v) is 6.58. The van der Waals surface area contributed by atoms with Gasteiger partial charge in [0.05, 0.1) is 0 Å². The van der Waals surface area contributed by atoms with Gasteiger partial charge in [0, 0.05) is 15.9 Å². The molecule has 3 nitrogen and oxygen atoms in total. The average Bonchev–Trinajstić information content (AvgIpc) is 3.06. The number of ether oxygens (including phenoxy) is 1. The van der Waals surface area contributed by atoms with Crippen LogP contribution in [0.1, 0.15) is 12.5 Å². The fourth-order valence-electron chi connectivity index (χ4n) is 2.29. The molecule has 0 aliphatic rings. The van der Waals surface area contributed by atoms with Gasteiger partial charge in [0.15, 0.2) is 0 Å². The van der Waals surface area contributed by atoms with Crippen molar-refractivity contribution in [1.82, 2.24) is 0 Å². The Kier molecular flexibility index (Phi) is 4.96. The number of nitrogens with one attached hydrogen (secondary N) is 1. The van der Waals surface area contributed by atoms with Crippen molar-refractivity contribution in [3.8, 4) is 16.2 Å². The van der Waals surface area contributed by atoms with Gasteiger partial charge in [0.1, 0.15) is 11.8 Å².